The highest BCUT2D eigenvalue weighted by atomic mass is 16.5. The predicted octanol–water partition coefficient (Wildman–Crippen LogP) is 3.87. The summed E-state index contributed by atoms with van der Waals surface area (Å²) in [5, 5.41) is 10.9. The third kappa shape index (κ3) is 2.94. The van der Waals surface area contributed by atoms with Crippen molar-refractivity contribution in [2.75, 3.05) is 25.2 Å². The third-order valence-electron chi connectivity index (χ3n) is 4.98. The number of fused-ring (bicyclic) bond motifs is 1. The Balaban J connectivity index is 1.85. The first-order valence-corrected chi connectivity index (χ1v) is 8.72. The Morgan fingerprint density at radius 1 is 1.16 bits per heavy atom. The van der Waals surface area contributed by atoms with Crippen molar-refractivity contribution < 1.29 is 9.84 Å². The van der Waals surface area contributed by atoms with Crippen molar-refractivity contribution in [1.82, 2.24) is 4.98 Å². The van der Waals surface area contributed by atoms with Gasteiger partial charge in [0, 0.05) is 23.2 Å². The summed E-state index contributed by atoms with van der Waals surface area (Å²) in [5.41, 5.74) is 4.15. The lowest BCUT2D eigenvalue weighted by Crippen LogP contribution is -2.32. The number of aliphatic hydroxyl groups excluding tert-OH is 1. The first kappa shape index (κ1) is 15.9. The highest BCUT2D eigenvalue weighted by molar-refractivity contribution is 5.94. The Hall–Kier alpha value is -2.59. The number of ether oxygens (including phenoxy) is 1. The van der Waals surface area contributed by atoms with Crippen LogP contribution in [0.3, 0.4) is 0 Å². The largest absolute Gasteiger partial charge is 0.497 e. The molecule has 0 spiro atoms. The van der Waals surface area contributed by atoms with E-state index in [0.717, 1.165) is 53.0 Å². The molecular formula is C21H22N2O2. The molecule has 0 aliphatic carbocycles. The minimum absolute atomic E-state index is 0.189. The van der Waals surface area contributed by atoms with Gasteiger partial charge in [-0.05, 0) is 49.2 Å². The van der Waals surface area contributed by atoms with E-state index in [9.17, 15) is 5.11 Å². The predicted molar refractivity (Wildman–Crippen MR) is 101 cm³/mol. The number of hydrogen-bond acceptors (Lipinski definition) is 4. The first-order valence-electron chi connectivity index (χ1n) is 8.72. The van der Waals surface area contributed by atoms with E-state index in [1.165, 1.54) is 0 Å². The Labute approximate surface area is 147 Å². The summed E-state index contributed by atoms with van der Waals surface area (Å²) in [4.78, 5) is 7.18. The lowest BCUT2D eigenvalue weighted by molar-refractivity contribution is 0.266. The van der Waals surface area contributed by atoms with E-state index >= 15 is 0 Å². The lowest BCUT2D eigenvalue weighted by Gasteiger charge is -2.27. The zero-order chi connectivity index (χ0) is 17.2. The number of nitrogens with zero attached hydrogens (tertiary/aromatic N) is 2. The third-order valence-corrected chi connectivity index (χ3v) is 4.98. The van der Waals surface area contributed by atoms with Crippen LogP contribution in [0.4, 0.5) is 5.69 Å². The second-order valence-electron chi connectivity index (χ2n) is 6.44. The highest BCUT2D eigenvalue weighted by Crippen LogP contribution is 2.35. The second-order valence-corrected chi connectivity index (χ2v) is 6.44. The monoisotopic (exact) mass is 334 g/mol. The molecule has 2 heterocycles. The van der Waals surface area contributed by atoms with Gasteiger partial charge in [0.15, 0.2) is 0 Å². The number of pyridine rings is 1. The van der Waals surface area contributed by atoms with E-state index in [1.54, 1.807) is 7.11 Å². The van der Waals surface area contributed by atoms with Gasteiger partial charge in [-0.25, -0.2) is 4.98 Å². The van der Waals surface area contributed by atoms with E-state index in [4.69, 9.17) is 9.72 Å². The van der Waals surface area contributed by atoms with Gasteiger partial charge >= 0.3 is 0 Å². The maximum Gasteiger partial charge on any atom is 0.118 e. The van der Waals surface area contributed by atoms with Crippen LogP contribution in [0.1, 0.15) is 12.8 Å². The van der Waals surface area contributed by atoms with E-state index < -0.39 is 0 Å². The fourth-order valence-corrected chi connectivity index (χ4v) is 3.65. The first-order chi connectivity index (χ1) is 12.3. The molecule has 0 unspecified atom stereocenters. The SMILES string of the molecule is COc1ccc(-c2cc(N3CCC[C@@H]3CO)c3ccccc3n2)cc1. The van der Waals surface area contributed by atoms with E-state index in [-0.39, 0.29) is 12.6 Å². The standard InChI is InChI=1S/C21H22N2O2/c1-25-17-10-8-15(9-11-17)20-13-21(23-12-4-5-16(23)14-24)18-6-2-3-7-19(18)22-20/h2-3,6-11,13,16,24H,4-5,12,14H2,1H3/t16-/m1/s1. The molecular weight excluding hydrogens is 312 g/mol. The average Bonchev–Trinajstić information content (AvgIpc) is 3.16. The highest BCUT2D eigenvalue weighted by Gasteiger charge is 2.26. The lowest BCUT2D eigenvalue weighted by atomic mass is 10.1. The summed E-state index contributed by atoms with van der Waals surface area (Å²) in [7, 11) is 1.67. The number of rotatable bonds is 4. The summed E-state index contributed by atoms with van der Waals surface area (Å²) in [6.45, 7) is 1.16. The fourth-order valence-electron chi connectivity index (χ4n) is 3.65. The van der Waals surface area contributed by atoms with Crippen LogP contribution in [0, 0.1) is 0 Å². The van der Waals surface area contributed by atoms with Crippen molar-refractivity contribution in [2.24, 2.45) is 0 Å². The maximum absolute atomic E-state index is 9.74. The summed E-state index contributed by atoms with van der Waals surface area (Å²) < 4.78 is 5.25. The summed E-state index contributed by atoms with van der Waals surface area (Å²) in [5.74, 6) is 0.838. The molecule has 1 atom stereocenters. The zero-order valence-corrected chi connectivity index (χ0v) is 14.4. The van der Waals surface area contributed by atoms with Gasteiger partial charge in [0.2, 0.25) is 0 Å². The van der Waals surface area contributed by atoms with Crippen LogP contribution in [0.5, 0.6) is 5.75 Å². The van der Waals surface area contributed by atoms with Crippen LogP contribution in [-0.4, -0.2) is 36.4 Å². The second kappa shape index (κ2) is 6.73. The van der Waals surface area contributed by atoms with Crippen LogP contribution in [0.15, 0.2) is 54.6 Å². The smallest absolute Gasteiger partial charge is 0.118 e. The van der Waals surface area contributed by atoms with E-state index in [1.807, 2.05) is 36.4 Å². The van der Waals surface area contributed by atoms with Gasteiger partial charge in [0.1, 0.15) is 5.75 Å². The molecule has 1 aliphatic heterocycles. The molecule has 0 amide bonds. The molecule has 128 valence electrons. The molecule has 1 aromatic heterocycles. The van der Waals surface area contributed by atoms with Crippen molar-refractivity contribution in [3.05, 3.63) is 54.6 Å². The number of benzene rings is 2. The van der Waals surface area contributed by atoms with Gasteiger partial charge in [-0.3, -0.25) is 0 Å². The molecule has 0 bridgehead atoms. The van der Waals surface area contributed by atoms with Crippen LogP contribution in [0.2, 0.25) is 0 Å². The van der Waals surface area contributed by atoms with Crippen LogP contribution in [-0.2, 0) is 0 Å². The van der Waals surface area contributed by atoms with Crippen LogP contribution < -0.4 is 9.64 Å². The fraction of sp³-hybridized carbons (Fsp3) is 0.286. The van der Waals surface area contributed by atoms with Crippen molar-refractivity contribution in [3.63, 3.8) is 0 Å². The van der Waals surface area contributed by atoms with Gasteiger partial charge in [-0.1, -0.05) is 18.2 Å². The van der Waals surface area contributed by atoms with Crippen molar-refractivity contribution in [1.29, 1.82) is 0 Å². The molecule has 4 rings (SSSR count). The topological polar surface area (TPSA) is 45.6 Å². The summed E-state index contributed by atoms with van der Waals surface area (Å²) in [6, 6.07) is 18.6. The number of aromatic nitrogens is 1. The maximum atomic E-state index is 9.74. The molecule has 0 radical (unpaired) electrons. The normalized spacial score (nSPS) is 17.2. The van der Waals surface area contributed by atoms with Crippen molar-refractivity contribution in [3.8, 4) is 17.0 Å². The van der Waals surface area contributed by atoms with Crippen molar-refractivity contribution >= 4 is 16.6 Å². The Kier molecular flexibility index (Phi) is 4.28. The molecule has 4 nitrogen and oxygen atoms in total. The van der Waals surface area contributed by atoms with Gasteiger partial charge in [0.05, 0.1) is 31.0 Å². The Morgan fingerprint density at radius 2 is 1.96 bits per heavy atom. The Bertz CT molecular complexity index is 877. The number of hydrogen-bond donors (Lipinski definition) is 1. The minimum atomic E-state index is 0.189. The molecule has 1 aliphatic rings. The molecule has 2 aromatic carbocycles. The average molecular weight is 334 g/mol. The van der Waals surface area contributed by atoms with Gasteiger partial charge in [0.25, 0.3) is 0 Å². The van der Waals surface area contributed by atoms with Crippen LogP contribution >= 0.6 is 0 Å². The molecule has 1 N–H and O–H groups in total. The molecule has 25 heavy (non-hydrogen) atoms. The summed E-state index contributed by atoms with van der Waals surface area (Å²) >= 11 is 0. The van der Waals surface area contributed by atoms with Gasteiger partial charge < -0.3 is 14.7 Å². The van der Waals surface area contributed by atoms with Crippen LogP contribution in [0.25, 0.3) is 22.2 Å². The van der Waals surface area contributed by atoms with Gasteiger partial charge in [-0.2, -0.15) is 0 Å². The summed E-state index contributed by atoms with van der Waals surface area (Å²) in [6.07, 6.45) is 2.14. The Morgan fingerprint density at radius 3 is 2.72 bits per heavy atom. The minimum Gasteiger partial charge on any atom is -0.497 e. The molecule has 3 aromatic rings. The molecule has 4 heteroatoms. The number of aliphatic hydroxyl groups is 1. The van der Waals surface area contributed by atoms with E-state index in [2.05, 4.69) is 23.1 Å². The van der Waals surface area contributed by atoms with Gasteiger partial charge in [-0.15, -0.1) is 0 Å². The number of methoxy groups -OCH3 is 1. The number of anilines is 1. The molecule has 1 fully saturated rings. The molecule has 1 saturated heterocycles. The number of para-hydroxylation sites is 1. The molecule has 0 saturated carbocycles. The van der Waals surface area contributed by atoms with E-state index in [0.29, 0.717) is 0 Å². The van der Waals surface area contributed by atoms with Crippen molar-refractivity contribution in [2.45, 2.75) is 18.9 Å². The zero-order valence-electron chi connectivity index (χ0n) is 14.4. The quantitative estimate of drug-likeness (QED) is 0.787.